The topological polar surface area (TPSA) is 12.9 Å². The molecule has 0 radical (unpaired) electrons. The lowest BCUT2D eigenvalue weighted by molar-refractivity contribution is 0.751. The van der Waals surface area contributed by atoms with Crippen molar-refractivity contribution in [1.82, 2.24) is 4.98 Å². The third kappa shape index (κ3) is 4.79. The van der Waals surface area contributed by atoms with Crippen molar-refractivity contribution in [3.8, 4) is 22.4 Å². The van der Waals surface area contributed by atoms with Crippen molar-refractivity contribution in [1.29, 1.82) is 0 Å². The zero-order valence-electron chi connectivity index (χ0n) is 27.7. The molecule has 236 valence electrons. The largest absolute Gasteiger partial charge is 0.246 e. The second-order valence-corrected chi connectivity index (χ2v) is 14.7. The summed E-state index contributed by atoms with van der Waals surface area (Å²) in [5.41, 5.74) is 9.55. The third-order valence-corrected chi connectivity index (χ3v) is 11.5. The Bertz CT molecular complexity index is 2800. The van der Waals surface area contributed by atoms with Gasteiger partial charge < -0.3 is 0 Å². The number of benzene rings is 7. The van der Waals surface area contributed by atoms with Crippen LogP contribution in [0.3, 0.4) is 0 Å². The maximum atomic E-state index is 5.46. The monoisotopic (exact) mass is 655 g/mol. The summed E-state index contributed by atoms with van der Waals surface area (Å²) in [7, 11) is 0. The van der Waals surface area contributed by atoms with E-state index in [1.54, 1.807) is 0 Å². The van der Waals surface area contributed by atoms with E-state index in [1.165, 1.54) is 80.3 Å². The molecule has 0 amide bonds. The molecule has 0 aliphatic heterocycles. The third-order valence-electron chi connectivity index (χ3n) is 10.4. The molecule has 1 aliphatic rings. The highest BCUT2D eigenvalue weighted by atomic mass is 32.1. The number of fused-ring (bicyclic) bond motifs is 9. The fraction of sp³-hybridized carbons (Fsp3) is 0.0625. The van der Waals surface area contributed by atoms with Crippen LogP contribution in [0.1, 0.15) is 24.6 Å². The smallest absolute Gasteiger partial charge is 0.0885 e. The van der Waals surface area contributed by atoms with E-state index in [1.807, 2.05) is 11.3 Å². The van der Waals surface area contributed by atoms with Crippen LogP contribution in [0.4, 0.5) is 0 Å². The molecule has 0 spiro atoms. The van der Waals surface area contributed by atoms with Gasteiger partial charge in [-0.25, -0.2) is 4.98 Å². The van der Waals surface area contributed by atoms with Gasteiger partial charge in [-0.3, -0.25) is 0 Å². The highest BCUT2D eigenvalue weighted by molar-refractivity contribution is 7.26. The molecule has 0 N–H and O–H groups in total. The standard InChI is InChI=1S/C48H33NS/c1-30-24-35(34-20-22-41-39-18-9-8-16-37(39)38-17-10-11-19-40(38)42(41)27-34)26-36(25-30)47-48-44(29-45(49-47)32-14-6-3-7-15-32)43-28-33(21-23-46(43)50-48)31-12-4-2-5-13-31/h2-23,25-30H,24H2,1H3. The number of thiophene rings is 1. The van der Waals surface area contributed by atoms with Gasteiger partial charge in [-0.2, -0.15) is 0 Å². The fourth-order valence-electron chi connectivity index (χ4n) is 8.00. The molecule has 10 rings (SSSR count). The van der Waals surface area contributed by atoms with E-state index in [2.05, 4.69) is 171 Å². The number of hydrogen-bond donors (Lipinski definition) is 0. The van der Waals surface area contributed by atoms with Gasteiger partial charge in [0.05, 0.1) is 16.1 Å². The number of aromatic nitrogens is 1. The summed E-state index contributed by atoms with van der Waals surface area (Å²) in [6.45, 7) is 2.34. The predicted octanol–water partition coefficient (Wildman–Crippen LogP) is 13.7. The molecule has 2 aromatic heterocycles. The number of nitrogens with zero attached hydrogens (tertiary/aromatic N) is 1. The van der Waals surface area contributed by atoms with Gasteiger partial charge in [0, 0.05) is 21.0 Å². The maximum absolute atomic E-state index is 5.46. The van der Waals surface area contributed by atoms with Gasteiger partial charge in [-0.1, -0.05) is 140 Å². The molecule has 7 aromatic carbocycles. The van der Waals surface area contributed by atoms with Gasteiger partial charge in [-0.05, 0) is 103 Å². The molecular weight excluding hydrogens is 623 g/mol. The van der Waals surface area contributed by atoms with Crippen molar-refractivity contribution in [2.24, 2.45) is 5.92 Å². The van der Waals surface area contributed by atoms with Crippen LogP contribution in [-0.4, -0.2) is 4.98 Å². The number of rotatable bonds is 4. The van der Waals surface area contributed by atoms with Crippen LogP contribution in [0.15, 0.2) is 164 Å². The van der Waals surface area contributed by atoms with E-state index >= 15 is 0 Å². The average Bonchev–Trinajstić information content (AvgIpc) is 3.56. The van der Waals surface area contributed by atoms with E-state index in [0.717, 1.165) is 23.4 Å². The van der Waals surface area contributed by atoms with Crippen molar-refractivity contribution in [2.75, 3.05) is 0 Å². The molecule has 0 bridgehead atoms. The van der Waals surface area contributed by atoms with E-state index < -0.39 is 0 Å². The quantitative estimate of drug-likeness (QED) is 0.172. The first-order chi connectivity index (χ1) is 24.7. The minimum Gasteiger partial charge on any atom is -0.246 e. The summed E-state index contributed by atoms with van der Waals surface area (Å²) in [5.74, 6) is 0.380. The summed E-state index contributed by atoms with van der Waals surface area (Å²) >= 11 is 1.86. The van der Waals surface area contributed by atoms with Crippen LogP contribution in [0.25, 0.3) is 86.0 Å². The minimum absolute atomic E-state index is 0.380. The summed E-state index contributed by atoms with van der Waals surface area (Å²) in [4.78, 5) is 5.46. The first-order valence-corrected chi connectivity index (χ1v) is 18.2. The highest BCUT2D eigenvalue weighted by Gasteiger charge is 2.21. The average molecular weight is 656 g/mol. The summed E-state index contributed by atoms with van der Waals surface area (Å²) in [6, 6.07) is 55.3. The predicted molar refractivity (Wildman–Crippen MR) is 217 cm³/mol. The molecule has 50 heavy (non-hydrogen) atoms. The van der Waals surface area contributed by atoms with Crippen molar-refractivity contribution < 1.29 is 0 Å². The Kier molecular flexibility index (Phi) is 6.79. The molecular formula is C48H33NS. The molecule has 1 atom stereocenters. The number of pyridine rings is 1. The van der Waals surface area contributed by atoms with Crippen LogP contribution in [0.2, 0.25) is 0 Å². The number of hydrogen-bond acceptors (Lipinski definition) is 2. The molecule has 2 heteroatoms. The minimum atomic E-state index is 0.380. The number of allylic oxidation sites excluding steroid dienone is 4. The van der Waals surface area contributed by atoms with Crippen LogP contribution < -0.4 is 0 Å². The molecule has 1 nitrogen and oxygen atoms in total. The first kappa shape index (κ1) is 29.1. The fourth-order valence-corrected chi connectivity index (χ4v) is 9.18. The second kappa shape index (κ2) is 11.7. The lowest BCUT2D eigenvalue weighted by Crippen LogP contribution is -2.03. The lowest BCUT2D eigenvalue weighted by atomic mass is 9.85. The van der Waals surface area contributed by atoms with Crippen LogP contribution in [-0.2, 0) is 0 Å². The van der Waals surface area contributed by atoms with Crippen LogP contribution in [0, 0.1) is 5.92 Å². The Balaban J connectivity index is 1.17. The Morgan fingerprint density at radius 1 is 0.500 bits per heavy atom. The molecule has 9 aromatic rings. The van der Waals surface area contributed by atoms with Crippen LogP contribution >= 0.6 is 11.3 Å². The molecule has 0 saturated heterocycles. The zero-order chi connectivity index (χ0) is 33.2. The summed E-state index contributed by atoms with van der Waals surface area (Å²) in [5, 5.41) is 10.4. The lowest BCUT2D eigenvalue weighted by Gasteiger charge is -2.21. The normalized spacial score (nSPS) is 14.9. The van der Waals surface area contributed by atoms with E-state index in [-0.39, 0.29) is 0 Å². The highest BCUT2D eigenvalue weighted by Crippen LogP contribution is 2.44. The van der Waals surface area contributed by atoms with Gasteiger partial charge in [0.1, 0.15) is 0 Å². The molecule has 1 aliphatic carbocycles. The van der Waals surface area contributed by atoms with Gasteiger partial charge in [0.15, 0.2) is 0 Å². The van der Waals surface area contributed by atoms with Gasteiger partial charge in [0.2, 0.25) is 0 Å². The van der Waals surface area contributed by atoms with Crippen LogP contribution in [0.5, 0.6) is 0 Å². The van der Waals surface area contributed by atoms with Crippen molar-refractivity contribution >= 4 is 75.0 Å². The Labute approximate surface area is 295 Å². The second-order valence-electron chi connectivity index (χ2n) is 13.6. The van der Waals surface area contributed by atoms with Gasteiger partial charge in [0.25, 0.3) is 0 Å². The molecule has 2 heterocycles. The first-order valence-electron chi connectivity index (χ1n) is 17.4. The maximum Gasteiger partial charge on any atom is 0.0885 e. The summed E-state index contributed by atoms with van der Waals surface area (Å²) < 4.78 is 2.53. The molecule has 0 saturated carbocycles. The van der Waals surface area contributed by atoms with E-state index in [9.17, 15) is 0 Å². The van der Waals surface area contributed by atoms with Gasteiger partial charge >= 0.3 is 0 Å². The summed E-state index contributed by atoms with van der Waals surface area (Å²) in [6.07, 6.45) is 5.85. The van der Waals surface area contributed by atoms with E-state index in [0.29, 0.717) is 5.92 Å². The van der Waals surface area contributed by atoms with E-state index in [4.69, 9.17) is 4.98 Å². The van der Waals surface area contributed by atoms with Gasteiger partial charge in [-0.15, -0.1) is 11.3 Å². The Hall–Kier alpha value is -5.83. The molecule has 0 fully saturated rings. The zero-order valence-corrected chi connectivity index (χ0v) is 28.5. The SMILES string of the molecule is CC1C=C(c2nc(-c3ccccc3)cc3c2sc2ccc(-c4ccccc4)cc23)C=C(c2ccc3c4ccccc4c4ccccc4c3c2)C1. The molecule has 1 unspecified atom stereocenters. The Morgan fingerprint density at radius 3 is 1.78 bits per heavy atom. The van der Waals surface area contributed by atoms with Crippen molar-refractivity contribution in [2.45, 2.75) is 13.3 Å². The Morgan fingerprint density at radius 2 is 1.08 bits per heavy atom. The van der Waals surface area contributed by atoms with Crippen molar-refractivity contribution in [3.63, 3.8) is 0 Å². The van der Waals surface area contributed by atoms with Crippen molar-refractivity contribution in [3.05, 3.63) is 175 Å².